The first kappa shape index (κ1) is 15.3. The molecule has 0 fully saturated rings. The van der Waals surface area contributed by atoms with Crippen LogP contribution in [0.3, 0.4) is 0 Å². The first-order valence-corrected chi connectivity index (χ1v) is 5.53. The molecule has 1 rings (SSSR count). The maximum absolute atomic E-state index is 5.63. The standard InChI is InChI=1S/C13H21NO.ClH/c1-10(2)14-7-8-15-13-6-5-11(3)12(4)9-13;/h5-6,9-10,14H,7-8H2,1-4H3;1H. The third-order valence-corrected chi connectivity index (χ3v) is 2.40. The molecule has 0 saturated heterocycles. The summed E-state index contributed by atoms with van der Waals surface area (Å²) < 4.78 is 5.63. The molecule has 0 aromatic heterocycles. The van der Waals surface area contributed by atoms with Crippen molar-refractivity contribution in [3.8, 4) is 5.75 Å². The van der Waals surface area contributed by atoms with Crippen molar-refractivity contribution in [2.45, 2.75) is 33.7 Å². The van der Waals surface area contributed by atoms with Crippen molar-refractivity contribution < 1.29 is 4.74 Å². The Labute approximate surface area is 105 Å². The number of halogens is 1. The zero-order valence-electron chi connectivity index (χ0n) is 10.5. The fourth-order valence-corrected chi connectivity index (χ4v) is 1.32. The zero-order valence-corrected chi connectivity index (χ0v) is 11.4. The van der Waals surface area contributed by atoms with Crippen molar-refractivity contribution in [3.63, 3.8) is 0 Å². The lowest BCUT2D eigenvalue weighted by Crippen LogP contribution is -2.27. The Morgan fingerprint density at radius 2 is 1.88 bits per heavy atom. The molecule has 0 unspecified atom stereocenters. The SMILES string of the molecule is Cc1ccc(OCCNC(C)C)cc1C.Cl. The Bertz CT molecular complexity index is 313. The van der Waals surface area contributed by atoms with Gasteiger partial charge in [0, 0.05) is 12.6 Å². The van der Waals surface area contributed by atoms with E-state index in [1.54, 1.807) is 0 Å². The van der Waals surface area contributed by atoms with E-state index in [1.165, 1.54) is 11.1 Å². The van der Waals surface area contributed by atoms with Crippen LogP contribution in [0, 0.1) is 13.8 Å². The number of hydrogen-bond acceptors (Lipinski definition) is 2. The Hall–Kier alpha value is -0.730. The largest absolute Gasteiger partial charge is 0.492 e. The third kappa shape index (κ3) is 5.38. The van der Waals surface area contributed by atoms with Gasteiger partial charge in [-0.1, -0.05) is 19.9 Å². The smallest absolute Gasteiger partial charge is 0.119 e. The minimum Gasteiger partial charge on any atom is -0.492 e. The van der Waals surface area contributed by atoms with Crippen LogP contribution in [0.25, 0.3) is 0 Å². The van der Waals surface area contributed by atoms with Crippen molar-refractivity contribution in [2.75, 3.05) is 13.2 Å². The fraction of sp³-hybridized carbons (Fsp3) is 0.538. The van der Waals surface area contributed by atoms with Gasteiger partial charge in [0.05, 0.1) is 0 Å². The van der Waals surface area contributed by atoms with E-state index < -0.39 is 0 Å². The monoisotopic (exact) mass is 243 g/mol. The molecule has 0 aliphatic carbocycles. The normalized spacial score (nSPS) is 10.1. The van der Waals surface area contributed by atoms with E-state index in [0.29, 0.717) is 6.04 Å². The van der Waals surface area contributed by atoms with E-state index in [0.717, 1.165) is 18.9 Å². The van der Waals surface area contributed by atoms with Gasteiger partial charge < -0.3 is 10.1 Å². The number of nitrogens with one attached hydrogen (secondary N) is 1. The van der Waals surface area contributed by atoms with Crippen molar-refractivity contribution in [2.24, 2.45) is 0 Å². The van der Waals surface area contributed by atoms with E-state index in [1.807, 2.05) is 6.07 Å². The van der Waals surface area contributed by atoms with Gasteiger partial charge in [-0.3, -0.25) is 0 Å². The molecular weight excluding hydrogens is 222 g/mol. The summed E-state index contributed by atoms with van der Waals surface area (Å²) in [4.78, 5) is 0. The molecule has 3 heteroatoms. The molecule has 0 aliphatic heterocycles. The summed E-state index contributed by atoms with van der Waals surface area (Å²) in [6.07, 6.45) is 0. The molecule has 0 aliphatic rings. The summed E-state index contributed by atoms with van der Waals surface area (Å²) in [6.45, 7) is 10.1. The van der Waals surface area contributed by atoms with Gasteiger partial charge in [0.1, 0.15) is 12.4 Å². The average molecular weight is 244 g/mol. The molecule has 2 nitrogen and oxygen atoms in total. The van der Waals surface area contributed by atoms with Gasteiger partial charge in [0.2, 0.25) is 0 Å². The molecule has 0 saturated carbocycles. The lowest BCUT2D eigenvalue weighted by molar-refractivity contribution is 0.308. The summed E-state index contributed by atoms with van der Waals surface area (Å²) in [5, 5.41) is 3.32. The highest BCUT2D eigenvalue weighted by Gasteiger charge is 1.97. The summed E-state index contributed by atoms with van der Waals surface area (Å²) in [6, 6.07) is 6.73. The van der Waals surface area contributed by atoms with Crippen LogP contribution in [-0.2, 0) is 0 Å². The van der Waals surface area contributed by atoms with Gasteiger partial charge >= 0.3 is 0 Å². The molecule has 16 heavy (non-hydrogen) atoms. The van der Waals surface area contributed by atoms with E-state index >= 15 is 0 Å². The van der Waals surface area contributed by atoms with Crippen LogP contribution in [0.15, 0.2) is 18.2 Å². The maximum Gasteiger partial charge on any atom is 0.119 e. The lowest BCUT2D eigenvalue weighted by Gasteiger charge is -2.10. The molecule has 1 aromatic rings. The van der Waals surface area contributed by atoms with Crippen molar-refractivity contribution in [3.05, 3.63) is 29.3 Å². The molecule has 0 atom stereocenters. The molecular formula is C13H22ClNO. The van der Waals surface area contributed by atoms with Gasteiger partial charge in [-0.15, -0.1) is 12.4 Å². The Balaban J connectivity index is 0.00000225. The van der Waals surface area contributed by atoms with E-state index in [4.69, 9.17) is 4.74 Å². The second kappa shape index (κ2) is 7.53. The lowest BCUT2D eigenvalue weighted by atomic mass is 10.1. The van der Waals surface area contributed by atoms with E-state index in [2.05, 4.69) is 45.1 Å². The zero-order chi connectivity index (χ0) is 11.3. The van der Waals surface area contributed by atoms with Crippen LogP contribution in [-0.4, -0.2) is 19.2 Å². The van der Waals surface area contributed by atoms with Gasteiger partial charge in [-0.05, 0) is 37.1 Å². The summed E-state index contributed by atoms with van der Waals surface area (Å²) >= 11 is 0. The van der Waals surface area contributed by atoms with Crippen LogP contribution in [0.5, 0.6) is 5.75 Å². The maximum atomic E-state index is 5.63. The minimum absolute atomic E-state index is 0. The predicted molar refractivity (Wildman–Crippen MR) is 71.8 cm³/mol. The number of ether oxygens (including phenoxy) is 1. The molecule has 0 amide bonds. The highest BCUT2D eigenvalue weighted by atomic mass is 35.5. The van der Waals surface area contributed by atoms with Crippen molar-refractivity contribution >= 4 is 12.4 Å². The average Bonchev–Trinajstić information content (AvgIpc) is 2.18. The number of aryl methyl sites for hydroxylation is 2. The van der Waals surface area contributed by atoms with Crippen LogP contribution in [0.4, 0.5) is 0 Å². The minimum atomic E-state index is 0. The first-order valence-electron chi connectivity index (χ1n) is 5.53. The van der Waals surface area contributed by atoms with Crippen LogP contribution in [0.1, 0.15) is 25.0 Å². The van der Waals surface area contributed by atoms with Crippen LogP contribution < -0.4 is 10.1 Å². The highest BCUT2D eigenvalue weighted by molar-refractivity contribution is 5.85. The van der Waals surface area contributed by atoms with Crippen LogP contribution >= 0.6 is 12.4 Å². The Kier molecular flexibility index (Phi) is 7.18. The molecule has 1 aromatic carbocycles. The van der Waals surface area contributed by atoms with Crippen molar-refractivity contribution in [1.82, 2.24) is 5.32 Å². The highest BCUT2D eigenvalue weighted by Crippen LogP contribution is 2.15. The number of benzene rings is 1. The third-order valence-electron chi connectivity index (χ3n) is 2.40. The summed E-state index contributed by atoms with van der Waals surface area (Å²) in [7, 11) is 0. The van der Waals surface area contributed by atoms with Gasteiger partial charge in [0.25, 0.3) is 0 Å². The topological polar surface area (TPSA) is 21.3 Å². The first-order chi connectivity index (χ1) is 7.09. The van der Waals surface area contributed by atoms with Gasteiger partial charge in [-0.25, -0.2) is 0 Å². The van der Waals surface area contributed by atoms with E-state index in [-0.39, 0.29) is 12.4 Å². The predicted octanol–water partition coefficient (Wildman–Crippen LogP) is 3.10. The van der Waals surface area contributed by atoms with E-state index in [9.17, 15) is 0 Å². The Morgan fingerprint density at radius 1 is 1.19 bits per heavy atom. The van der Waals surface area contributed by atoms with Crippen LogP contribution in [0.2, 0.25) is 0 Å². The Morgan fingerprint density at radius 3 is 2.44 bits per heavy atom. The molecule has 1 N–H and O–H groups in total. The second-order valence-electron chi connectivity index (χ2n) is 4.20. The van der Waals surface area contributed by atoms with Gasteiger partial charge in [0.15, 0.2) is 0 Å². The van der Waals surface area contributed by atoms with Gasteiger partial charge in [-0.2, -0.15) is 0 Å². The molecule has 92 valence electrons. The second-order valence-corrected chi connectivity index (χ2v) is 4.20. The summed E-state index contributed by atoms with van der Waals surface area (Å²) in [5.74, 6) is 0.962. The quantitative estimate of drug-likeness (QED) is 0.803. The molecule has 0 bridgehead atoms. The van der Waals surface area contributed by atoms with Crippen molar-refractivity contribution in [1.29, 1.82) is 0 Å². The number of rotatable bonds is 5. The number of hydrogen-bond donors (Lipinski definition) is 1. The summed E-state index contributed by atoms with van der Waals surface area (Å²) in [5.41, 5.74) is 2.59. The fourth-order valence-electron chi connectivity index (χ4n) is 1.32. The molecule has 0 heterocycles. The molecule has 0 radical (unpaired) electrons. The molecule has 0 spiro atoms.